The van der Waals surface area contributed by atoms with E-state index in [-0.39, 0.29) is 6.61 Å². The first-order valence-corrected chi connectivity index (χ1v) is 11.8. The van der Waals surface area contributed by atoms with Crippen LogP contribution in [0.2, 0.25) is 0 Å². The van der Waals surface area contributed by atoms with Gasteiger partial charge in [0.05, 0.1) is 24.5 Å². The fraction of sp³-hybridized carbons (Fsp3) is 0.480. The predicted molar refractivity (Wildman–Crippen MR) is 125 cm³/mol. The quantitative estimate of drug-likeness (QED) is 0.618. The first-order chi connectivity index (χ1) is 15.8. The molecule has 7 heteroatoms. The van der Waals surface area contributed by atoms with E-state index in [9.17, 15) is 5.11 Å². The summed E-state index contributed by atoms with van der Waals surface area (Å²) in [5.74, 6) is 1.17. The van der Waals surface area contributed by atoms with Gasteiger partial charge in [0, 0.05) is 50.1 Å². The zero-order valence-corrected chi connectivity index (χ0v) is 18.6. The van der Waals surface area contributed by atoms with Crippen LogP contribution in [0.3, 0.4) is 0 Å². The Balaban J connectivity index is 1.41. The fourth-order valence-corrected chi connectivity index (χ4v) is 4.98. The van der Waals surface area contributed by atoms with Crippen LogP contribution in [0.25, 0.3) is 11.3 Å². The summed E-state index contributed by atoms with van der Waals surface area (Å²) < 4.78 is 1.87. The molecule has 32 heavy (non-hydrogen) atoms. The number of aromatic nitrogens is 4. The lowest BCUT2D eigenvalue weighted by Gasteiger charge is -2.32. The second-order valence-corrected chi connectivity index (χ2v) is 8.91. The topological polar surface area (TPSA) is 70.3 Å². The highest BCUT2D eigenvalue weighted by molar-refractivity contribution is 5.63. The summed E-state index contributed by atoms with van der Waals surface area (Å²) in [7, 11) is 0. The molecule has 0 amide bonds. The Morgan fingerprint density at radius 2 is 1.84 bits per heavy atom. The molecule has 5 rings (SSSR count). The van der Waals surface area contributed by atoms with E-state index in [1.165, 1.54) is 18.4 Å². The Labute approximate surface area is 189 Å². The summed E-state index contributed by atoms with van der Waals surface area (Å²) in [6.45, 7) is 5.70. The summed E-state index contributed by atoms with van der Waals surface area (Å²) in [6, 6.07) is 12.7. The van der Waals surface area contributed by atoms with Crippen molar-refractivity contribution in [2.24, 2.45) is 0 Å². The van der Waals surface area contributed by atoms with Gasteiger partial charge in [0.15, 0.2) is 0 Å². The van der Waals surface area contributed by atoms with Gasteiger partial charge in [-0.25, -0.2) is 9.97 Å². The van der Waals surface area contributed by atoms with E-state index in [0.717, 1.165) is 68.5 Å². The average molecular weight is 433 g/mol. The van der Waals surface area contributed by atoms with E-state index in [4.69, 9.17) is 10.1 Å². The highest BCUT2D eigenvalue weighted by Gasteiger charge is 2.27. The van der Waals surface area contributed by atoms with Crippen molar-refractivity contribution in [3.05, 3.63) is 60.0 Å². The summed E-state index contributed by atoms with van der Waals surface area (Å²) in [4.78, 5) is 14.3. The maximum absolute atomic E-state index is 9.49. The Hall–Kier alpha value is -2.77. The van der Waals surface area contributed by atoms with Crippen LogP contribution in [-0.2, 0) is 13.1 Å². The van der Waals surface area contributed by atoms with Gasteiger partial charge in [-0.1, -0.05) is 30.3 Å². The van der Waals surface area contributed by atoms with Crippen LogP contribution in [0.1, 0.15) is 42.9 Å². The predicted octanol–water partition coefficient (Wildman–Crippen LogP) is 3.31. The molecule has 7 nitrogen and oxygen atoms in total. The normalized spacial score (nSPS) is 19.5. The van der Waals surface area contributed by atoms with E-state index < -0.39 is 0 Å². The van der Waals surface area contributed by atoms with E-state index in [2.05, 4.69) is 51.3 Å². The van der Waals surface area contributed by atoms with Gasteiger partial charge in [0.2, 0.25) is 5.95 Å². The Bertz CT molecular complexity index is 1010. The number of piperidine rings is 1. The van der Waals surface area contributed by atoms with Gasteiger partial charge in [0.25, 0.3) is 0 Å². The van der Waals surface area contributed by atoms with Crippen molar-refractivity contribution in [3.63, 3.8) is 0 Å². The van der Waals surface area contributed by atoms with Crippen molar-refractivity contribution in [1.82, 2.24) is 24.6 Å². The van der Waals surface area contributed by atoms with Gasteiger partial charge < -0.3 is 10.0 Å². The van der Waals surface area contributed by atoms with E-state index in [1.54, 1.807) is 0 Å². The van der Waals surface area contributed by atoms with Gasteiger partial charge >= 0.3 is 0 Å². The number of benzene rings is 1. The molecular formula is C25H32N6O. The number of rotatable bonds is 7. The molecule has 2 fully saturated rings. The van der Waals surface area contributed by atoms with Crippen LogP contribution in [0.15, 0.2) is 48.8 Å². The van der Waals surface area contributed by atoms with Crippen molar-refractivity contribution >= 4 is 5.95 Å². The molecule has 2 aromatic heterocycles. The highest BCUT2D eigenvalue weighted by Crippen LogP contribution is 2.34. The van der Waals surface area contributed by atoms with Crippen LogP contribution in [0, 0.1) is 0 Å². The highest BCUT2D eigenvalue weighted by atomic mass is 16.3. The summed E-state index contributed by atoms with van der Waals surface area (Å²) >= 11 is 0. The Morgan fingerprint density at radius 1 is 1.00 bits per heavy atom. The number of aliphatic hydroxyl groups is 1. The third kappa shape index (κ3) is 4.69. The molecule has 1 N–H and O–H groups in total. The SMILES string of the molecule is OCCn1cc(-c2ccnc(N3CCCC3)n2)c([C@H]2CCCN(Cc3ccccc3)C2)n1. The van der Waals surface area contributed by atoms with Crippen LogP contribution < -0.4 is 4.90 Å². The lowest BCUT2D eigenvalue weighted by Crippen LogP contribution is -2.34. The third-order valence-corrected chi connectivity index (χ3v) is 6.57. The fourth-order valence-electron chi connectivity index (χ4n) is 4.98. The molecular weight excluding hydrogens is 400 g/mol. The number of hydrogen-bond donors (Lipinski definition) is 1. The van der Waals surface area contributed by atoms with Crippen molar-refractivity contribution < 1.29 is 5.11 Å². The second kappa shape index (κ2) is 9.79. The van der Waals surface area contributed by atoms with Crippen LogP contribution in [-0.4, -0.2) is 62.5 Å². The molecule has 2 saturated heterocycles. The largest absolute Gasteiger partial charge is 0.394 e. The molecule has 168 valence electrons. The van der Waals surface area contributed by atoms with Gasteiger partial charge in [-0.15, -0.1) is 0 Å². The van der Waals surface area contributed by atoms with Crippen molar-refractivity contribution in [1.29, 1.82) is 0 Å². The summed E-state index contributed by atoms with van der Waals surface area (Å²) in [6.07, 6.45) is 8.60. The molecule has 3 aromatic rings. The molecule has 1 atom stereocenters. The van der Waals surface area contributed by atoms with Gasteiger partial charge in [-0.05, 0) is 43.9 Å². The monoisotopic (exact) mass is 432 g/mol. The minimum Gasteiger partial charge on any atom is -0.394 e. The van der Waals surface area contributed by atoms with Crippen LogP contribution in [0.4, 0.5) is 5.95 Å². The molecule has 0 saturated carbocycles. The first-order valence-electron chi connectivity index (χ1n) is 11.8. The van der Waals surface area contributed by atoms with Crippen molar-refractivity contribution in [2.75, 3.05) is 37.7 Å². The average Bonchev–Trinajstić information content (AvgIpc) is 3.51. The van der Waals surface area contributed by atoms with Gasteiger partial charge in [0.1, 0.15) is 0 Å². The van der Waals surface area contributed by atoms with E-state index >= 15 is 0 Å². The molecule has 1 aromatic carbocycles. The van der Waals surface area contributed by atoms with Gasteiger partial charge in [-0.2, -0.15) is 5.10 Å². The van der Waals surface area contributed by atoms with E-state index in [0.29, 0.717) is 12.5 Å². The summed E-state index contributed by atoms with van der Waals surface area (Å²) in [5.41, 5.74) is 4.46. The number of aliphatic hydroxyl groups excluding tert-OH is 1. The zero-order valence-electron chi connectivity index (χ0n) is 18.6. The van der Waals surface area contributed by atoms with E-state index in [1.807, 2.05) is 16.9 Å². The number of likely N-dealkylation sites (tertiary alicyclic amines) is 1. The van der Waals surface area contributed by atoms with Crippen LogP contribution in [0.5, 0.6) is 0 Å². The smallest absolute Gasteiger partial charge is 0.225 e. The molecule has 0 spiro atoms. The maximum Gasteiger partial charge on any atom is 0.225 e. The standard InChI is InChI=1S/C25H32N6O/c32-16-15-31-19-22(23-10-11-26-25(27-23)30-13-4-5-14-30)24(28-31)21-9-6-12-29(18-21)17-20-7-2-1-3-8-20/h1-3,7-8,10-11,19,21,32H,4-6,9,12-18H2/t21-/m0/s1. The van der Waals surface area contributed by atoms with Crippen molar-refractivity contribution in [3.8, 4) is 11.3 Å². The number of nitrogens with zero attached hydrogens (tertiary/aromatic N) is 6. The Kier molecular flexibility index (Phi) is 6.46. The molecule has 0 radical (unpaired) electrons. The minimum atomic E-state index is 0.0775. The number of hydrogen-bond acceptors (Lipinski definition) is 6. The maximum atomic E-state index is 9.49. The second-order valence-electron chi connectivity index (χ2n) is 8.91. The Morgan fingerprint density at radius 3 is 2.66 bits per heavy atom. The van der Waals surface area contributed by atoms with Crippen molar-refractivity contribution in [2.45, 2.75) is 44.7 Å². The lowest BCUT2D eigenvalue weighted by atomic mass is 9.91. The molecule has 0 bridgehead atoms. The number of anilines is 1. The first kappa shape index (κ1) is 21.1. The minimum absolute atomic E-state index is 0.0775. The third-order valence-electron chi connectivity index (χ3n) is 6.57. The lowest BCUT2D eigenvalue weighted by molar-refractivity contribution is 0.198. The summed E-state index contributed by atoms with van der Waals surface area (Å²) in [5, 5.41) is 14.4. The zero-order chi connectivity index (χ0) is 21.8. The van der Waals surface area contributed by atoms with Crippen LogP contribution >= 0.6 is 0 Å². The molecule has 2 aliphatic rings. The molecule has 2 aliphatic heterocycles. The molecule has 4 heterocycles. The molecule has 0 aliphatic carbocycles. The van der Waals surface area contributed by atoms with Gasteiger partial charge in [-0.3, -0.25) is 9.58 Å². The molecule has 0 unspecified atom stereocenters.